The fraction of sp³-hybridized carbons (Fsp3) is 0.938. The number of carbonyl (C=O) groups excluding carboxylic acids is 1. The lowest BCUT2D eigenvalue weighted by atomic mass is 10.0. The number of rotatable bonds is 44. The van der Waals surface area contributed by atoms with Crippen molar-refractivity contribution in [1.82, 2.24) is 5.32 Å². The van der Waals surface area contributed by atoms with Gasteiger partial charge in [0.2, 0.25) is 5.91 Å². The first kappa shape index (κ1) is 52.1. The first-order valence-corrected chi connectivity index (χ1v) is 24.0. The molecule has 0 spiro atoms. The molecule has 0 fully saturated rings. The monoisotopic (exact) mass is 750 g/mol. The number of amides is 1. The van der Waals surface area contributed by atoms with Gasteiger partial charge in [-0.25, -0.2) is 0 Å². The second-order valence-electron chi connectivity index (χ2n) is 16.7. The summed E-state index contributed by atoms with van der Waals surface area (Å²) in [7, 11) is 0. The van der Waals surface area contributed by atoms with Crippen LogP contribution >= 0.6 is 0 Å². The van der Waals surface area contributed by atoms with E-state index in [2.05, 4.69) is 31.3 Å². The number of carbonyl (C=O) groups is 1. The molecule has 0 radical (unpaired) electrons. The summed E-state index contributed by atoms with van der Waals surface area (Å²) in [4.78, 5) is 12.4. The Balaban J connectivity index is 3.50. The van der Waals surface area contributed by atoms with E-state index < -0.39 is 18.2 Å². The van der Waals surface area contributed by atoms with E-state index in [1.54, 1.807) is 0 Å². The summed E-state index contributed by atoms with van der Waals surface area (Å²) < 4.78 is 0. The van der Waals surface area contributed by atoms with Gasteiger partial charge in [-0.3, -0.25) is 4.79 Å². The van der Waals surface area contributed by atoms with E-state index in [4.69, 9.17) is 0 Å². The third-order valence-corrected chi connectivity index (χ3v) is 11.3. The topological polar surface area (TPSA) is 89.8 Å². The maximum absolute atomic E-state index is 12.4. The number of nitrogens with one attached hydrogen (secondary N) is 1. The van der Waals surface area contributed by atoms with Crippen molar-refractivity contribution in [2.24, 2.45) is 0 Å². The predicted molar refractivity (Wildman–Crippen MR) is 232 cm³/mol. The van der Waals surface area contributed by atoms with Crippen molar-refractivity contribution in [3.05, 3.63) is 12.2 Å². The predicted octanol–water partition coefficient (Wildman–Crippen LogP) is 14.0. The number of unbranched alkanes of at least 4 members (excludes halogenated alkanes) is 33. The van der Waals surface area contributed by atoms with Gasteiger partial charge < -0.3 is 20.6 Å². The third-order valence-electron chi connectivity index (χ3n) is 11.3. The Morgan fingerprint density at radius 3 is 1.09 bits per heavy atom. The lowest BCUT2D eigenvalue weighted by Gasteiger charge is -2.23. The molecule has 0 aliphatic rings. The molecule has 0 heterocycles. The summed E-state index contributed by atoms with van der Waals surface area (Å²) in [6, 6.07) is -0.654. The van der Waals surface area contributed by atoms with Gasteiger partial charge in [-0.2, -0.15) is 0 Å². The summed E-state index contributed by atoms with van der Waals surface area (Å²) in [5, 5.41) is 33.4. The Kier molecular flexibility index (Phi) is 43.1. The Labute approximate surface area is 331 Å². The fourth-order valence-electron chi connectivity index (χ4n) is 7.64. The molecule has 5 nitrogen and oxygen atoms in total. The van der Waals surface area contributed by atoms with Crippen LogP contribution in [0.25, 0.3) is 0 Å². The maximum atomic E-state index is 12.4. The van der Waals surface area contributed by atoms with Crippen LogP contribution in [0.2, 0.25) is 0 Å². The molecular formula is C48H95NO4. The highest BCUT2D eigenvalue weighted by Gasteiger charge is 2.21. The van der Waals surface area contributed by atoms with Crippen molar-refractivity contribution in [1.29, 1.82) is 0 Å². The van der Waals surface area contributed by atoms with Crippen LogP contribution in [-0.2, 0) is 4.79 Å². The average Bonchev–Trinajstić information content (AvgIpc) is 3.15. The first-order valence-electron chi connectivity index (χ1n) is 24.0. The number of aliphatic hydroxyl groups is 3. The Hall–Kier alpha value is -0.910. The molecule has 0 saturated carbocycles. The summed E-state index contributed by atoms with van der Waals surface area (Å²) in [5.74, 6) is -0.281. The van der Waals surface area contributed by atoms with Crippen LogP contribution < -0.4 is 5.32 Å². The molecule has 0 aliphatic carbocycles. The van der Waals surface area contributed by atoms with E-state index in [0.29, 0.717) is 12.8 Å². The van der Waals surface area contributed by atoms with Gasteiger partial charge in [0.15, 0.2) is 0 Å². The zero-order valence-electron chi connectivity index (χ0n) is 35.9. The van der Waals surface area contributed by atoms with E-state index in [9.17, 15) is 20.1 Å². The summed E-state index contributed by atoms with van der Waals surface area (Å²) >= 11 is 0. The molecular weight excluding hydrogens is 655 g/mol. The van der Waals surface area contributed by atoms with E-state index in [1.807, 2.05) is 0 Å². The zero-order chi connectivity index (χ0) is 38.7. The van der Waals surface area contributed by atoms with Gasteiger partial charge in [0, 0.05) is 0 Å². The van der Waals surface area contributed by atoms with E-state index in [1.165, 1.54) is 205 Å². The maximum Gasteiger partial charge on any atom is 0.222 e. The van der Waals surface area contributed by atoms with Crippen molar-refractivity contribution in [2.45, 2.75) is 283 Å². The van der Waals surface area contributed by atoms with E-state index in [0.717, 1.165) is 25.7 Å². The second kappa shape index (κ2) is 43.8. The largest absolute Gasteiger partial charge is 0.394 e. The summed E-state index contributed by atoms with van der Waals surface area (Å²) in [6.45, 7) is 4.27. The molecule has 316 valence electrons. The van der Waals surface area contributed by atoms with Gasteiger partial charge in [0.25, 0.3) is 0 Å². The molecule has 3 unspecified atom stereocenters. The van der Waals surface area contributed by atoms with Crippen LogP contribution in [0.15, 0.2) is 12.2 Å². The zero-order valence-corrected chi connectivity index (χ0v) is 35.9. The van der Waals surface area contributed by atoms with Crippen LogP contribution in [0.1, 0.15) is 264 Å². The van der Waals surface area contributed by atoms with Crippen LogP contribution in [0.4, 0.5) is 0 Å². The van der Waals surface area contributed by atoms with Crippen molar-refractivity contribution >= 4 is 5.91 Å². The molecule has 3 atom stereocenters. The Bertz CT molecular complexity index is 743. The Morgan fingerprint density at radius 1 is 0.453 bits per heavy atom. The van der Waals surface area contributed by atoms with Crippen LogP contribution in [0, 0.1) is 0 Å². The molecule has 0 aromatic rings. The minimum atomic E-state index is -0.745. The molecule has 0 bridgehead atoms. The molecule has 0 rings (SSSR count). The normalized spacial score (nSPS) is 13.5. The highest BCUT2D eigenvalue weighted by atomic mass is 16.3. The van der Waals surface area contributed by atoms with Crippen molar-refractivity contribution in [3.63, 3.8) is 0 Å². The minimum Gasteiger partial charge on any atom is -0.394 e. The standard InChI is InChI=1S/C48H95NO4/c1-3-5-7-9-11-13-15-16-17-18-19-20-21-22-23-24-25-26-27-28-29-30-32-33-35-37-39-41-45(51)43-48(53)49-46(44-50)47(52)42-40-38-36-34-31-14-12-10-8-6-4-2/h22-23,45-47,50-52H,3-21,24-44H2,1-2H3,(H,49,53)/b23-22-. The highest BCUT2D eigenvalue weighted by molar-refractivity contribution is 5.76. The number of aliphatic hydroxyl groups excluding tert-OH is 3. The molecule has 0 aliphatic heterocycles. The SMILES string of the molecule is CCCCCCCCCCCCCC/C=C\CCCCCCCCCCCCCC(O)CC(=O)NC(CO)C(O)CCCCCCCCCCCCC. The minimum absolute atomic E-state index is 0.0391. The van der Waals surface area contributed by atoms with Gasteiger partial charge in [0.05, 0.1) is 31.3 Å². The highest BCUT2D eigenvalue weighted by Crippen LogP contribution is 2.17. The molecule has 1 amide bonds. The average molecular weight is 750 g/mol. The van der Waals surface area contributed by atoms with E-state index in [-0.39, 0.29) is 18.9 Å². The molecule has 0 aromatic carbocycles. The Morgan fingerprint density at radius 2 is 0.755 bits per heavy atom. The van der Waals surface area contributed by atoms with Gasteiger partial charge in [-0.15, -0.1) is 0 Å². The second-order valence-corrected chi connectivity index (χ2v) is 16.7. The van der Waals surface area contributed by atoms with Gasteiger partial charge in [-0.05, 0) is 38.5 Å². The van der Waals surface area contributed by atoms with Crippen LogP contribution in [-0.4, -0.2) is 46.1 Å². The first-order chi connectivity index (χ1) is 26.0. The third kappa shape index (κ3) is 40.6. The van der Waals surface area contributed by atoms with E-state index >= 15 is 0 Å². The van der Waals surface area contributed by atoms with Gasteiger partial charge in [0.1, 0.15) is 0 Å². The summed E-state index contributed by atoms with van der Waals surface area (Å²) in [5.41, 5.74) is 0. The molecule has 53 heavy (non-hydrogen) atoms. The van der Waals surface area contributed by atoms with Crippen LogP contribution in [0.3, 0.4) is 0 Å². The lowest BCUT2D eigenvalue weighted by Crippen LogP contribution is -2.46. The smallest absolute Gasteiger partial charge is 0.222 e. The lowest BCUT2D eigenvalue weighted by molar-refractivity contribution is -0.125. The van der Waals surface area contributed by atoms with Gasteiger partial charge >= 0.3 is 0 Å². The number of hydrogen-bond donors (Lipinski definition) is 4. The fourth-order valence-corrected chi connectivity index (χ4v) is 7.64. The van der Waals surface area contributed by atoms with Crippen LogP contribution in [0.5, 0.6) is 0 Å². The molecule has 5 heteroatoms. The van der Waals surface area contributed by atoms with Crippen molar-refractivity contribution in [3.8, 4) is 0 Å². The molecule has 0 aromatic heterocycles. The number of allylic oxidation sites excluding steroid dienone is 2. The molecule has 0 saturated heterocycles. The summed E-state index contributed by atoms with van der Waals surface area (Å²) in [6.07, 6.45) is 52.0. The molecule has 4 N–H and O–H groups in total. The van der Waals surface area contributed by atoms with Gasteiger partial charge in [-0.1, -0.05) is 231 Å². The quantitative estimate of drug-likeness (QED) is 0.0369. The van der Waals surface area contributed by atoms with Crippen molar-refractivity contribution < 1.29 is 20.1 Å². The van der Waals surface area contributed by atoms with Crippen molar-refractivity contribution in [2.75, 3.05) is 6.61 Å². The number of hydrogen-bond acceptors (Lipinski definition) is 4.